The van der Waals surface area contributed by atoms with Crippen LogP contribution in [0.4, 0.5) is 17.1 Å². The Morgan fingerprint density at radius 3 is 0.608 bits per heavy atom. The number of benzene rings is 3. The highest BCUT2D eigenvalue weighted by Gasteiger charge is 2.49. The number of fused-ring (bicyclic) bond motifs is 1. The minimum absolute atomic E-state index is 0.242. The van der Waals surface area contributed by atoms with Crippen LogP contribution >= 0.6 is 0 Å². The Morgan fingerprint density at radius 1 is 0.240 bits per heavy atom. The molecule has 1 aliphatic heterocycles. The second-order valence-corrected chi connectivity index (χ2v) is 27.5. The monoisotopic (exact) mass is 1790 g/mol. The van der Waals surface area contributed by atoms with Gasteiger partial charge in [0.25, 0.3) is 0 Å². The van der Waals surface area contributed by atoms with Crippen molar-refractivity contribution in [3.63, 3.8) is 0 Å². The molecule has 37 heteroatoms. The van der Waals surface area contributed by atoms with Gasteiger partial charge < -0.3 is 162 Å². The molecule has 0 bridgehead atoms. The number of carbonyl (C=O) groups excluding carboxylic acids is 3. The van der Waals surface area contributed by atoms with E-state index < -0.39 is 5.60 Å². The zero-order chi connectivity index (χ0) is 89.1. The van der Waals surface area contributed by atoms with E-state index in [2.05, 4.69) is 17.0 Å². The molecule has 3 aromatic carbocycles. The van der Waals surface area contributed by atoms with Gasteiger partial charge in [0.15, 0.2) is 5.60 Å². The lowest BCUT2D eigenvalue weighted by Crippen LogP contribution is -2.32. The first-order chi connectivity index (χ1) is 61.5. The highest BCUT2D eigenvalue weighted by atomic mass is 16.6. The predicted octanol–water partition coefficient (Wildman–Crippen LogP) is 4.68. The molecule has 125 heavy (non-hydrogen) atoms. The molecule has 0 spiro atoms. The average Bonchev–Trinajstić information content (AvgIpc) is 1.58. The molecular weight excluding hydrogens is 1640 g/mol. The molecule has 0 radical (unpaired) electrons. The standard InChI is InChI=1S/C88H149N3O34/c1-78(92)123-75-73-121-71-69-119-67-65-117-63-61-115-59-57-113-55-53-111-51-49-109-47-45-107-43-41-105-39-37-103-35-33-101-31-29-99-27-25-97-23-21-95-19-17-91(83-13-9-81(10-14-83)88(80-7-11-82(12-8-80)89(3)4)86-16-15-84(90(5)6)77-85(86)87(94)125-88)18-20-96-22-24-98-26-28-100-30-32-102-34-36-104-38-40-106-42-44-108-46-48-110-50-52-112-54-56-114-58-60-116-62-64-118-66-68-120-70-72-122-74-76-124-79(2)93/h7-16,77H,17-76H2,1-6H3. The van der Waals surface area contributed by atoms with Gasteiger partial charge in [-0.05, 0) is 36.4 Å². The van der Waals surface area contributed by atoms with Crippen molar-refractivity contribution in [1.29, 1.82) is 0 Å². The molecule has 4 rings (SSSR count). The molecule has 1 atom stereocenters. The molecule has 37 nitrogen and oxygen atoms in total. The average molecular weight is 1790 g/mol. The normalized spacial score (nSPS) is 13.2. The number of rotatable bonds is 95. The number of nitrogens with zero attached hydrogens (tertiary/aromatic N) is 3. The zero-order valence-electron chi connectivity index (χ0n) is 75.5. The molecule has 1 heterocycles. The summed E-state index contributed by atoms with van der Waals surface area (Å²) in [5.41, 5.74) is 4.70. The second-order valence-electron chi connectivity index (χ2n) is 27.5. The van der Waals surface area contributed by atoms with Crippen LogP contribution in [0, 0.1) is 0 Å². The number of cyclic esters (lactones) is 1. The summed E-state index contributed by atoms with van der Waals surface area (Å²) in [6.07, 6.45) is 0. The van der Waals surface area contributed by atoms with Gasteiger partial charge in [-0.3, -0.25) is 9.59 Å². The van der Waals surface area contributed by atoms with Crippen molar-refractivity contribution in [2.45, 2.75) is 19.4 Å². The molecule has 0 aliphatic carbocycles. The Labute approximate surface area is 740 Å². The fourth-order valence-corrected chi connectivity index (χ4v) is 11.2. The Kier molecular flexibility index (Phi) is 72.9. The van der Waals surface area contributed by atoms with Gasteiger partial charge in [0.2, 0.25) is 0 Å². The number of hydrogen-bond donors (Lipinski definition) is 0. The van der Waals surface area contributed by atoms with E-state index in [1.165, 1.54) is 13.8 Å². The van der Waals surface area contributed by atoms with Crippen LogP contribution in [-0.4, -0.2) is 442 Å². The van der Waals surface area contributed by atoms with E-state index in [4.69, 9.17) is 147 Å². The second kappa shape index (κ2) is 81.6. The highest BCUT2D eigenvalue weighted by molar-refractivity contribution is 5.97. The van der Waals surface area contributed by atoms with Gasteiger partial charge in [-0.1, -0.05) is 30.3 Å². The van der Waals surface area contributed by atoms with Gasteiger partial charge in [-0.15, -0.1) is 0 Å². The fraction of sp³-hybridized carbons (Fsp3) is 0.761. The summed E-state index contributed by atoms with van der Waals surface area (Å²) in [5, 5.41) is 0. The van der Waals surface area contributed by atoms with E-state index in [0.29, 0.717) is 389 Å². The van der Waals surface area contributed by atoms with E-state index in [-0.39, 0.29) is 31.1 Å². The first-order valence-electron chi connectivity index (χ1n) is 43.6. The van der Waals surface area contributed by atoms with Crippen molar-refractivity contribution in [2.24, 2.45) is 0 Å². The Balaban J connectivity index is 0.947. The molecule has 3 aromatic rings. The maximum absolute atomic E-state index is 13.9. The first-order valence-corrected chi connectivity index (χ1v) is 43.6. The van der Waals surface area contributed by atoms with E-state index in [1.54, 1.807) is 0 Å². The van der Waals surface area contributed by atoms with Crippen LogP contribution < -0.4 is 14.7 Å². The molecule has 1 unspecified atom stereocenters. The molecular formula is C88H149N3O34. The van der Waals surface area contributed by atoms with Gasteiger partial charge in [-0.2, -0.15) is 0 Å². The molecule has 0 aromatic heterocycles. The lowest BCUT2D eigenvalue weighted by molar-refractivity contribution is -0.143. The van der Waals surface area contributed by atoms with Gasteiger partial charge in [0.1, 0.15) is 13.2 Å². The minimum Gasteiger partial charge on any atom is -0.463 e. The van der Waals surface area contributed by atoms with E-state index in [9.17, 15) is 14.4 Å². The van der Waals surface area contributed by atoms with Crippen LogP contribution in [-0.2, 0) is 162 Å². The molecule has 1 aliphatic rings. The van der Waals surface area contributed by atoms with Gasteiger partial charge >= 0.3 is 17.9 Å². The molecule has 720 valence electrons. The zero-order valence-corrected chi connectivity index (χ0v) is 75.5. The Bertz CT molecular complexity index is 2840. The Hall–Kier alpha value is -5.65. The third-order valence-corrected chi connectivity index (χ3v) is 17.5. The van der Waals surface area contributed by atoms with Crippen molar-refractivity contribution < 1.29 is 161 Å². The minimum atomic E-state index is -1.17. The number of ether oxygens (including phenoxy) is 31. The molecule has 0 fully saturated rings. The third-order valence-electron chi connectivity index (χ3n) is 17.5. The van der Waals surface area contributed by atoms with Crippen LogP contribution in [0.15, 0.2) is 66.7 Å². The van der Waals surface area contributed by atoms with Crippen LogP contribution in [0.3, 0.4) is 0 Å². The van der Waals surface area contributed by atoms with Gasteiger partial charge in [-0.25, -0.2) is 4.79 Å². The summed E-state index contributed by atoms with van der Waals surface area (Å²) in [4.78, 5) is 41.5. The van der Waals surface area contributed by atoms with Crippen molar-refractivity contribution >= 4 is 35.0 Å². The number of carbonyl (C=O) groups is 3. The van der Waals surface area contributed by atoms with Gasteiger partial charge in [0.05, 0.1) is 376 Å². The van der Waals surface area contributed by atoms with Crippen LogP contribution in [0.1, 0.15) is 40.9 Å². The predicted molar refractivity (Wildman–Crippen MR) is 462 cm³/mol. The molecule has 0 amide bonds. The first kappa shape index (κ1) is 112. The van der Waals surface area contributed by atoms with Crippen molar-refractivity contribution in [3.05, 3.63) is 89.0 Å². The van der Waals surface area contributed by atoms with E-state index in [1.807, 2.05) is 92.6 Å². The molecule has 0 saturated heterocycles. The largest absolute Gasteiger partial charge is 0.463 e. The van der Waals surface area contributed by atoms with E-state index in [0.717, 1.165) is 33.8 Å². The number of anilines is 3. The van der Waals surface area contributed by atoms with Crippen LogP contribution in [0.2, 0.25) is 0 Å². The topological polar surface area (TPSA) is 347 Å². The Morgan fingerprint density at radius 2 is 0.416 bits per heavy atom. The summed E-state index contributed by atoms with van der Waals surface area (Å²) < 4.78 is 173. The maximum atomic E-state index is 13.9. The summed E-state index contributed by atoms with van der Waals surface area (Å²) in [5.74, 6) is -1.02. The molecule has 0 saturated carbocycles. The lowest BCUT2D eigenvalue weighted by Gasteiger charge is -2.32. The lowest BCUT2D eigenvalue weighted by atomic mass is 9.79. The number of esters is 3. The SMILES string of the molecule is CC(=O)OCCOCCOCCOCCOCCOCCOCCOCCOCCOCCOCCOCCOCCOCCOCCN(CCOCCOCCOCCOCCOCCOCCOCCOCCOCCOCCOCCOCCOCCOCCOC(C)=O)c1ccc(C2(c3ccc(N(C)C)cc3)OC(=O)c3cc(N(C)C)ccc32)cc1. The third kappa shape index (κ3) is 60.8. The van der Waals surface area contributed by atoms with E-state index >= 15 is 0 Å². The number of hydrogen-bond acceptors (Lipinski definition) is 37. The van der Waals surface area contributed by atoms with Crippen LogP contribution in [0.25, 0.3) is 0 Å². The van der Waals surface area contributed by atoms with Crippen molar-refractivity contribution in [2.75, 3.05) is 439 Å². The van der Waals surface area contributed by atoms with Crippen molar-refractivity contribution in [1.82, 2.24) is 0 Å². The fourth-order valence-electron chi connectivity index (χ4n) is 11.2. The maximum Gasteiger partial charge on any atom is 0.340 e. The highest BCUT2D eigenvalue weighted by Crippen LogP contribution is 2.48. The summed E-state index contributed by atoms with van der Waals surface area (Å²) in [6, 6.07) is 22.3. The van der Waals surface area contributed by atoms with Crippen molar-refractivity contribution in [3.8, 4) is 0 Å². The molecule has 0 N–H and O–H groups in total. The smallest absolute Gasteiger partial charge is 0.340 e. The van der Waals surface area contributed by atoms with Gasteiger partial charge in [0, 0.05) is 88.9 Å². The summed E-state index contributed by atoms with van der Waals surface area (Å²) >= 11 is 0. The summed E-state index contributed by atoms with van der Waals surface area (Å²) in [6.45, 7) is 29.4. The van der Waals surface area contributed by atoms with Crippen LogP contribution in [0.5, 0.6) is 0 Å². The summed E-state index contributed by atoms with van der Waals surface area (Å²) in [7, 11) is 7.90. The quantitative estimate of drug-likeness (QED) is 0.0420.